The Morgan fingerprint density at radius 1 is 0.340 bits per heavy atom. The Kier molecular flexibility index (Phi) is 13.9. The fraction of sp³-hybridized carbons (Fsp3) is 0.0120. The van der Waals surface area contributed by atoms with Crippen molar-refractivity contribution < 1.29 is 13.2 Å². The number of nitriles is 1. The molecular weight excluding hydrogens is 1170 g/mol. The first-order chi connectivity index (χ1) is 46.1. The number of benzene rings is 10. The number of rotatable bonds is 11. The minimum atomic E-state index is -4.91. The Morgan fingerprint density at radius 2 is 0.681 bits per heavy atom. The third kappa shape index (κ3) is 10.1. The SMILES string of the molecule is [C-]#[N+]c1cccc(C(F)(F)F)c1-c1cc(-n2c3cc(-c4ccc(-c5ccccc5)nc4)ccc3c3ccc(-c4ccc(-c5ccccc5)nc4)cc32)c(-n2c3cc(-c4ccc(-c5ccccc5)nc4)ccc3c3ccc(-c4ccc(-c5ccccc5)cn4)cc32)cc1C#N. The van der Waals surface area contributed by atoms with Gasteiger partial charge in [0, 0.05) is 96.4 Å². The Hall–Kier alpha value is -12.8. The summed E-state index contributed by atoms with van der Waals surface area (Å²) >= 11 is 0. The summed E-state index contributed by atoms with van der Waals surface area (Å²) in [4.78, 5) is 23.6. The zero-order valence-electron chi connectivity index (χ0n) is 50.0. The van der Waals surface area contributed by atoms with Crippen molar-refractivity contribution in [1.29, 1.82) is 5.26 Å². The molecule has 0 amide bonds. The first-order valence-corrected chi connectivity index (χ1v) is 30.5. The Bertz CT molecular complexity index is 5400. The van der Waals surface area contributed by atoms with Gasteiger partial charge in [-0.2, -0.15) is 18.4 Å². The predicted molar refractivity (Wildman–Crippen MR) is 371 cm³/mol. The maximum atomic E-state index is 15.7. The van der Waals surface area contributed by atoms with E-state index in [4.69, 9.17) is 26.5 Å². The van der Waals surface area contributed by atoms with Gasteiger partial charge in [0.15, 0.2) is 5.69 Å². The van der Waals surface area contributed by atoms with E-state index in [1.54, 1.807) is 12.1 Å². The molecule has 0 spiro atoms. The highest BCUT2D eigenvalue weighted by molar-refractivity contribution is 6.14. The van der Waals surface area contributed by atoms with Crippen molar-refractivity contribution in [2.24, 2.45) is 0 Å². The normalized spacial score (nSPS) is 11.5. The summed E-state index contributed by atoms with van der Waals surface area (Å²) in [5.74, 6) is 0. The number of hydrogen-bond acceptors (Lipinski definition) is 5. The molecule has 94 heavy (non-hydrogen) atoms. The minimum Gasteiger partial charge on any atom is -0.307 e. The zero-order valence-corrected chi connectivity index (χ0v) is 50.0. The van der Waals surface area contributed by atoms with Crippen LogP contribution in [0.3, 0.4) is 0 Å². The summed E-state index contributed by atoms with van der Waals surface area (Å²) in [6.45, 7) is 8.38. The highest BCUT2D eigenvalue weighted by Gasteiger charge is 2.36. The van der Waals surface area contributed by atoms with Crippen molar-refractivity contribution in [2.75, 3.05) is 0 Å². The van der Waals surface area contributed by atoms with E-state index in [0.717, 1.165) is 134 Å². The van der Waals surface area contributed by atoms with Crippen molar-refractivity contribution >= 4 is 49.3 Å². The largest absolute Gasteiger partial charge is 0.415 e. The monoisotopic (exact) mass is 1210 g/mol. The summed E-state index contributed by atoms with van der Waals surface area (Å²) in [5, 5.41) is 15.1. The lowest BCUT2D eigenvalue weighted by Crippen LogP contribution is -2.09. The van der Waals surface area contributed by atoms with E-state index in [1.807, 2.05) is 183 Å². The van der Waals surface area contributed by atoms with Gasteiger partial charge in [0.05, 0.1) is 80.0 Å². The number of pyridine rings is 4. The summed E-state index contributed by atoms with van der Waals surface area (Å²) in [5.41, 5.74) is 15.9. The Balaban J connectivity index is 1.01. The van der Waals surface area contributed by atoms with Crippen LogP contribution in [0.25, 0.3) is 160 Å². The molecule has 442 valence electrons. The lowest BCUT2D eigenvalue weighted by atomic mass is 9.92. The van der Waals surface area contributed by atoms with Crippen LogP contribution in [0.5, 0.6) is 0 Å². The third-order valence-corrected chi connectivity index (χ3v) is 17.7. The second-order valence-electron chi connectivity index (χ2n) is 23.1. The molecule has 8 nitrogen and oxygen atoms in total. The number of nitrogens with zero attached hydrogens (tertiary/aromatic N) is 8. The minimum absolute atomic E-state index is 0.0571. The average molecular weight is 1220 g/mol. The fourth-order valence-electron chi connectivity index (χ4n) is 13.0. The van der Waals surface area contributed by atoms with Crippen LogP contribution in [0.2, 0.25) is 0 Å². The lowest BCUT2D eigenvalue weighted by molar-refractivity contribution is -0.137. The van der Waals surface area contributed by atoms with Gasteiger partial charge in [-0.3, -0.25) is 19.9 Å². The van der Waals surface area contributed by atoms with E-state index in [9.17, 15) is 5.26 Å². The molecule has 0 aliphatic carbocycles. The maximum absolute atomic E-state index is 15.7. The van der Waals surface area contributed by atoms with Crippen LogP contribution in [0.1, 0.15) is 11.1 Å². The van der Waals surface area contributed by atoms with Gasteiger partial charge in [-0.05, 0) is 88.5 Å². The number of hydrogen-bond donors (Lipinski definition) is 0. The number of aromatic nitrogens is 6. The van der Waals surface area contributed by atoms with Crippen LogP contribution in [0, 0.1) is 17.9 Å². The topological polar surface area (TPSA) is 89.6 Å². The molecule has 0 N–H and O–H groups in total. The molecule has 0 radical (unpaired) electrons. The molecule has 11 heteroatoms. The number of halogens is 3. The van der Waals surface area contributed by atoms with Crippen molar-refractivity contribution in [3.8, 4) is 118 Å². The molecule has 16 aromatic rings. The molecule has 6 heterocycles. The summed E-state index contributed by atoms with van der Waals surface area (Å²) < 4.78 is 51.4. The molecule has 0 unspecified atom stereocenters. The molecule has 0 saturated heterocycles. The van der Waals surface area contributed by atoms with Gasteiger partial charge in [0.25, 0.3) is 0 Å². The first-order valence-electron chi connectivity index (χ1n) is 30.5. The molecule has 16 rings (SSSR count). The summed E-state index contributed by atoms with van der Waals surface area (Å²) in [6.07, 6.45) is 2.53. The molecule has 0 atom stereocenters. The predicted octanol–water partition coefficient (Wildman–Crippen LogP) is 21.9. The van der Waals surface area contributed by atoms with E-state index < -0.39 is 17.3 Å². The highest BCUT2D eigenvalue weighted by atomic mass is 19.4. The van der Waals surface area contributed by atoms with E-state index in [0.29, 0.717) is 17.1 Å². The second-order valence-corrected chi connectivity index (χ2v) is 23.1. The molecule has 0 bridgehead atoms. The van der Waals surface area contributed by atoms with Crippen molar-refractivity contribution in [2.45, 2.75) is 6.18 Å². The van der Waals surface area contributed by atoms with Gasteiger partial charge >= 0.3 is 6.18 Å². The highest BCUT2D eigenvalue weighted by Crippen LogP contribution is 2.48. The Morgan fingerprint density at radius 3 is 1.04 bits per heavy atom. The van der Waals surface area contributed by atoms with Gasteiger partial charge in [0.1, 0.15) is 0 Å². The van der Waals surface area contributed by atoms with Crippen LogP contribution < -0.4 is 0 Å². The van der Waals surface area contributed by atoms with Crippen LogP contribution in [-0.2, 0) is 6.18 Å². The summed E-state index contributed by atoms with van der Waals surface area (Å²) in [7, 11) is 0. The van der Waals surface area contributed by atoms with Gasteiger partial charge in [-0.15, -0.1) is 0 Å². The van der Waals surface area contributed by atoms with Crippen molar-refractivity contribution in [3.05, 3.63) is 320 Å². The van der Waals surface area contributed by atoms with Crippen molar-refractivity contribution in [1.82, 2.24) is 29.1 Å². The van der Waals surface area contributed by atoms with Crippen LogP contribution in [-0.4, -0.2) is 29.1 Å². The van der Waals surface area contributed by atoms with Gasteiger partial charge in [-0.25, -0.2) is 4.85 Å². The molecule has 6 aromatic heterocycles. The van der Waals surface area contributed by atoms with Crippen LogP contribution in [0.15, 0.2) is 298 Å². The van der Waals surface area contributed by atoms with Gasteiger partial charge in [-0.1, -0.05) is 212 Å². The molecule has 10 aromatic carbocycles. The Labute approximate surface area is 538 Å². The fourth-order valence-corrected chi connectivity index (χ4v) is 13.0. The smallest absolute Gasteiger partial charge is 0.307 e. The van der Waals surface area contributed by atoms with Crippen LogP contribution >= 0.6 is 0 Å². The van der Waals surface area contributed by atoms with E-state index >= 15 is 13.2 Å². The number of alkyl halides is 3. The molecule has 0 fully saturated rings. The molecule has 0 aliphatic rings. The molecule has 0 saturated carbocycles. The third-order valence-electron chi connectivity index (χ3n) is 17.7. The second kappa shape index (κ2) is 23.2. The standard InChI is InChI=1S/C83H49F3N8/c1-88-75-24-14-23-70(83(84,85)86)82(75)69-46-81(94-77-42-57(62-31-38-72(90-50-62)54-19-10-4-11-20-54)25-33-65(77)66-34-26-58(43-78(66)94)63-32-39-73(91-51-63)55-21-12-5-13-22-55)80(45-64(69)47-87)93-76-41-56(61-30-37-71(89-49-61)53-17-8-3-9-18-53)27-35-67(76)68-36-28-59(44-79(68)93)74-40-29-60(48-92-74)52-15-6-2-7-16-52/h2-46,48-51H. The van der Waals surface area contributed by atoms with E-state index in [2.05, 4.69) is 105 Å². The zero-order chi connectivity index (χ0) is 63.4. The quantitative estimate of drug-likeness (QED) is 0.120. The molecule has 0 aliphatic heterocycles. The first kappa shape index (κ1) is 56.4. The average Bonchev–Trinajstić information content (AvgIpc) is 1.54. The van der Waals surface area contributed by atoms with Gasteiger partial charge in [0.2, 0.25) is 0 Å². The molecular formula is C83H49F3N8. The number of fused-ring (bicyclic) bond motifs is 6. The van der Waals surface area contributed by atoms with Crippen molar-refractivity contribution in [3.63, 3.8) is 0 Å². The van der Waals surface area contributed by atoms with Crippen LogP contribution in [0.4, 0.5) is 18.9 Å². The van der Waals surface area contributed by atoms with E-state index in [-0.39, 0.29) is 16.8 Å². The van der Waals surface area contributed by atoms with Gasteiger partial charge < -0.3 is 9.13 Å². The lowest BCUT2D eigenvalue weighted by Gasteiger charge is -2.22. The summed E-state index contributed by atoms with van der Waals surface area (Å²) in [6, 6.07) is 90.5. The van der Waals surface area contributed by atoms with E-state index in [1.165, 1.54) is 12.1 Å². The maximum Gasteiger partial charge on any atom is 0.415 e.